The second-order valence-corrected chi connectivity index (χ2v) is 5.48. The molecule has 0 atom stereocenters. The van der Waals surface area contributed by atoms with Gasteiger partial charge in [0.25, 0.3) is 0 Å². The Bertz CT molecular complexity index is 486. The first-order valence-electron chi connectivity index (χ1n) is 6.68. The summed E-state index contributed by atoms with van der Waals surface area (Å²) >= 11 is 0. The van der Waals surface area contributed by atoms with Crippen molar-refractivity contribution in [1.29, 1.82) is 0 Å². The van der Waals surface area contributed by atoms with Gasteiger partial charge in [-0.15, -0.1) is 0 Å². The fourth-order valence-corrected chi connectivity index (χ4v) is 2.31. The number of hydrogen-bond acceptors (Lipinski definition) is 2. The maximum Gasteiger partial charge on any atom is 0.123 e. The largest absolute Gasteiger partial charge is 0.306 e. The Morgan fingerprint density at radius 3 is 2.53 bits per heavy atom. The standard InChI is InChI=1S/C16H21FN2/c1-4-15-6-5-11-18-19(15)12-16(2,3)13-7-9-14(17)10-8-13/h5-11,18H,4,12H2,1-3H3. The average molecular weight is 260 g/mol. The van der Waals surface area contributed by atoms with E-state index in [2.05, 4.69) is 37.3 Å². The summed E-state index contributed by atoms with van der Waals surface area (Å²) in [5, 5.41) is 2.16. The first-order chi connectivity index (χ1) is 9.03. The average Bonchev–Trinajstić information content (AvgIpc) is 2.39. The molecular weight excluding hydrogens is 239 g/mol. The maximum absolute atomic E-state index is 13.0. The molecule has 1 N–H and O–H groups in total. The van der Waals surface area contributed by atoms with Crippen LogP contribution in [0.1, 0.15) is 32.8 Å². The highest BCUT2D eigenvalue weighted by Crippen LogP contribution is 2.26. The van der Waals surface area contributed by atoms with Crippen LogP contribution in [-0.4, -0.2) is 11.6 Å². The molecule has 102 valence electrons. The third-order valence-corrected chi connectivity index (χ3v) is 3.50. The Balaban J connectivity index is 2.15. The molecule has 0 amide bonds. The zero-order chi connectivity index (χ0) is 13.9. The number of nitrogens with zero attached hydrogens (tertiary/aromatic N) is 1. The van der Waals surface area contributed by atoms with E-state index in [1.165, 1.54) is 17.8 Å². The minimum Gasteiger partial charge on any atom is -0.306 e. The summed E-state index contributed by atoms with van der Waals surface area (Å²) in [7, 11) is 0. The summed E-state index contributed by atoms with van der Waals surface area (Å²) in [6.07, 6.45) is 7.05. The second-order valence-electron chi connectivity index (χ2n) is 5.48. The minimum absolute atomic E-state index is 0.0554. The van der Waals surface area contributed by atoms with Gasteiger partial charge in [-0.05, 0) is 36.3 Å². The molecule has 0 saturated heterocycles. The van der Waals surface area contributed by atoms with Crippen molar-refractivity contribution in [3.63, 3.8) is 0 Å². The van der Waals surface area contributed by atoms with E-state index in [9.17, 15) is 4.39 Å². The molecule has 1 aliphatic heterocycles. The Hall–Kier alpha value is -1.77. The van der Waals surface area contributed by atoms with Gasteiger partial charge < -0.3 is 5.43 Å². The summed E-state index contributed by atoms with van der Waals surface area (Å²) in [4.78, 5) is 0. The molecule has 1 aliphatic rings. The molecule has 0 spiro atoms. The molecule has 1 aromatic rings. The second kappa shape index (κ2) is 5.47. The Labute approximate surface area is 114 Å². The van der Waals surface area contributed by atoms with E-state index in [1.807, 2.05) is 24.4 Å². The molecule has 0 saturated carbocycles. The summed E-state index contributed by atoms with van der Waals surface area (Å²) in [6, 6.07) is 6.78. The zero-order valence-corrected chi connectivity index (χ0v) is 11.8. The fraction of sp³-hybridized carbons (Fsp3) is 0.375. The van der Waals surface area contributed by atoms with Crippen LogP contribution in [0.15, 0.2) is 48.3 Å². The third kappa shape index (κ3) is 3.16. The number of hydrogen-bond donors (Lipinski definition) is 1. The van der Waals surface area contributed by atoms with Crippen molar-refractivity contribution in [3.8, 4) is 0 Å². The van der Waals surface area contributed by atoms with Crippen LogP contribution in [0.3, 0.4) is 0 Å². The van der Waals surface area contributed by atoms with Crippen molar-refractivity contribution in [2.75, 3.05) is 6.54 Å². The molecule has 1 aromatic carbocycles. The number of halogens is 1. The molecule has 0 radical (unpaired) electrons. The monoisotopic (exact) mass is 260 g/mol. The lowest BCUT2D eigenvalue weighted by Crippen LogP contribution is -2.43. The molecular formula is C16H21FN2. The Kier molecular flexibility index (Phi) is 3.93. The van der Waals surface area contributed by atoms with E-state index in [0.29, 0.717) is 0 Å². The quantitative estimate of drug-likeness (QED) is 0.887. The summed E-state index contributed by atoms with van der Waals surface area (Å²) in [5.41, 5.74) is 5.61. The van der Waals surface area contributed by atoms with Gasteiger partial charge in [-0.25, -0.2) is 4.39 Å². The third-order valence-electron chi connectivity index (χ3n) is 3.50. The highest BCUT2D eigenvalue weighted by molar-refractivity contribution is 5.26. The van der Waals surface area contributed by atoms with Gasteiger partial charge in [-0.1, -0.05) is 32.9 Å². The van der Waals surface area contributed by atoms with E-state index in [1.54, 1.807) is 0 Å². The molecule has 0 aliphatic carbocycles. The van der Waals surface area contributed by atoms with Crippen molar-refractivity contribution in [2.24, 2.45) is 0 Å². The molecule has 0 unspecified atom stereocenters. The van der Waals surface area contributed by atoms with E-state index in [-0.39, 0.29) is 11.2 Å². The lowest BCUT2D eigenvalue weighted by molar-refractivity contribution is 0.223. The molecule has 19 heavy (non-hydrogen) atoms. The zero-order valence-electron chi connectivity index (χ0n) is 11.8. The van der Waals surface area contributed by atoms with Gasteiger partial charge in [0.15, 0.2) is 0 Å². The highest BCUT2D eigenvalue weighted by Gasteiger charge is 2.25. The van der Waals surface area contributed by atoms with Crippen LogP contribution in [0.2, 0.25) is 0 Å². The lowest BCUT2D eigenvalue weighted by Gasteiger charge is -2.36. The number of benzene rings is 1. The Morgan fingerprint density at radius 1 is 1.21 bits per heavy atom. The van der Waals surface area contributed by atoms with Crippen molar-refractivity contribution in [2.45, 2.75) is 32.6 Å². The molecule has 2 rings (SSSR count). The Morgan fingerprint density at radius 2 is 1.89 bits per heavy atom. The first kappa shape index (κ1) is 13.7. The van der Waals surface area contributed by atoms with Crippen molar-refractivity contribution < 1.29 is 4.39 Å². The van der Waals surface area contributed by atoms with Gasteiger partial charge in [-0.3, -0.25) is 5.01 Å². The van der Waals surface area contributed by atoms with E-state index < -0.39 is 0 Å². The minimum atomic E-state index is -0.187. The first-order valence-corrected chi connectivity index (χ1v) is 6.68. The van der Waals surface area contributed by atoms with E-state index in [0.717, 1.165) is 18.5 Å². The topological polar surface area (TPSA) is 15.3 Å². The van der Waals surface area contributed by atoms with Gasteiger partial charge in [0, 0.05) is 23.9 Å². The summed E-state index contributed by atoms with van der Waals surface area (Å²) in [6.45, 7) is 7.33. The van der Waals surface area contributed by atoms with Gasteiger partial charge in [0.05, 0.1) is 0 Å². The summed E-state index contributed by atoms with van der Waals surface area (Å²) < 4.78 is 13.0. The van der Waals surface area contributed by atoms with Gasteiger partial charge in [-0.2, -0.15) is 0 Å². The van der Waals surface area contributed by atoms with Crippen LogP contribution in [0, 0.1) is 5.82 Å². The van der Waals surface area contributed by atoms with Gasteiger partial charge in [0.1, 0.15) is 5.82 Å². The van der Waals surface area contributed by atoms with Crippen LogP contribution in [-0.2, 0) is 5.41 Å². The summed E-state index contributed by atoms with van der Waals surface area (Å²) in [5.74, 6) is -0.187. The molecule has 1 heterocycles. The molecule has 2 nitrogen and oxygen atoms in total. The molecule has 0 fully saturated rings. The van der Waals surface area contributed by atoms with Gasteiger partial charge in [0.2, 0.25) is 0 Å². The van der Waals surface area contributed by atoms with Crippen LogP contribution in [0.4, 0.5) is 4.39 Å². The molecule has 0 aromatic heterocycles. The lowest BCUT2D eigenvalue weighted by atomic mass is 9.84. The van der Waals surface area contributed by atoms with Crippen molar-refractivity contribution in [1.82, 2.24) is 10.4 Å². The number of rotatable bonds is 4. The number of hydrazine groups is 1. The van der Waals surface area contributed by atoms with Crippen LogP contribution >= 0.6 is 0 Å². The van der Waals surface area contributed by atoms with Crippen LogP contribution in [0.5, 0.6) is 0 Å². The normalized spacial score (nSPS) is 15.2. The maximum atomic E-state index is 13.0. The predicted octanol–water partition coefficient (Wildman–Crippen LogP) is 3.73. The molecule has 3 heteroatoms. The number of allylic oxidation sites excluding steroid dienone is 3. The van der Waals surface area contributed by atoms with Crippen molar-refractivity contribution in [3.05, 3.63) is 59.7 Å². The SMILES string of the molecule is CCC1=CC=CNN1CC(C)(C)c1ccc(F)cc1. The molecule has 0 bridgehead atoms. The van der Waals surface area contributed by atoms with Crippen LogP contribution < -0.4 is 5.43 Å². The van der Waals surface area contributed by atoms with E-state index >= 15 is 0 Å². The van der Waals surface area contributed by atoms with E-state index in [4.69, 9.17) is 0 Å². The predicted molar refractivity (Wildman–Crippen MR) is 76.8 cm³/mol. The van der Waals surface area contributed by atoms with Crippen LogP contribution in [0.25, 0.3) is 0 Å². The fourth-order valence-electron chi connectivity index (χ4n) is 2.31. The number of nitrogens with one attached hydrogen (secondary N) is 1. The van der Waals surface area contributed by atoms with Crippen molar-refractivity contribution >= 4 is 0 Å². The smallest absolute Gasteiger partial charge is 0.123 e. The highest BCUT2D eigenvalue weighted by atomic mass is 19.1. The van der Waals surface area contributed by atoms with Gasteiger partial charge >= 0.3 is 0 Å².